The Kier molecular flexibility index (Phi) is 15.7. The number of hydrogen-bond donors (Lipinski definition) is 3. The number of likely N-dealkylation sites (tertiary alicyclic amines) is 2. The maximum Gasteiger partial charge on any atom is 0.253 e. The van der Waals surface area contributed by atoms with Crippen molar-refractivity contribution in [2.75, 3.05) is 26.2 Å². The first-order valence-corrected chi connectivity index (χ1v) is 23.5. The molecule has 2 aliphatic carbocycles. The van der Waals surface area contributed by atoms with Crippen molar-refractivity contribution in [3.63, 3.8) is 0 Å². The minimum Gasteiger partial charge on any atom is -0.352 e. The zero-order chi connectivity index (χ0) is 42.6. The van der Waals surface area contributed by atoms with Crippen LogP contribution in [0.25, 0.3) is 0 Å². The average Bonchev–Trinajstić information content (AvgIpc) is 4.12. The lowest BCUT2D eigenvalue weighted by molar-refractivity contribution is -0.133. The van der Waals surface area contributed by atoms with Gasteiger partial charge in [-0.1, -0.05) is 138 Å². The summed E-state index contributed by atoms with van der Waals surface area (Å²) in [5, 5.41) is 9.53. The van der Waals surface area contributed by atoms with Gasteiger partial charge in [-0.25, -0.2) is 0 Å². The van der Waals surface area contributed by atoms with Gasteiger partial charge in [-0.2, -0.15) is 0 Å². The van der Waals surface area contributed by atoms with Crippen LogP contribution in [0.15, 0.2) is 84.9 Å². The van der Waals surface area contributed by atoms with Crippen molar-refractivity contribution in [3.05, 3.63) is 107 Å². The second-order valence-electron chi connectivity index (χ2n) is 18.2. The number of carbonyl (C=O) groups is 5. The van der Waals surface area contributed by atoms with Gasteiger partial charge in [0.05, 0.1) is 11.8 Å². The van der Waals surface area contributed by atoms with Gasteiger partial charge in [0.2, 0.25) is 17.7 Å². The predicted molar refractivity (Wildman–Crippen MR) is 239 cm³/mol. The summed E-state index contributed by atoms with van der Waals surface area (Å²) in [6.07, 6.45) is 18.0. The summed E-state index contributed by atoms with van der Waals surface area (Å²) in [6.45, 7) is 3.55. The molecular formula is C51H67N5O5. The standard InChI is InChI=1S/C51H67N5O5/c1-2-3-4-5-6-7-8-9-10-11-12-19-24-47(57)52-40-29-30-55(33-40)50(60)38-25-27-39(28-26-38)51(61)56-34-43(48(58)53-45-31-41(45)36-20-15-13-16-21-36)44(35-56)49(59)54-46-32-42(46)37-22-17-14-18-23-37/h13-18,20-23,25-28,40-46H,2-12,19,24,29-35H2,1H3,(H,52,57)(H,53,58)(H,54,59)/t40-,41-,42-,43-,44-,45+,46+/m1/s1. The van der Waals surface area contributed by atoms with E-state index in [1.807, 2.05) is 36.4 Å². The molecule has 10 nitrogen and oxygen atoms in total. The minimum atomic E-state index is -0.677. The fourth-order valence-electron chi connectivity index (χ4n) is 9.54. The minimum absolute atomic E-state index is 0.00515. The van der Waals surface area contributed by atoms with Crippen LogP contribution in [0.2, 0.25) is 0 Å². The Morgan fingerprint density at radius 2 is 0.967 bits per heavy atom. The average molecular weight is 830 g/mol. The number of carbonyl (C=O) groups excluding carboxylic acids is 5. The molecule has 5 amide bonds. The van der Waals surface area contributed by atoms with Crippen LogP contribution >= 0.6 is 0 Å². The van der Waals surface area contributed by atoms with E-state index in [9.17, 15) is 24.0 Å². The third-order valence-electron chi connectivity index (χ3n) is 13.4. The molecule has 4 fully saturated rings. The number of amides is 5. The molecule has 2 saturated heterocycles. The van der Waals surface area contributed by atoms with Crippen LogP contribution in [0.5, 0.6) is 0 Å². The number of hydrogen-bond acceptors (Lipinski definition) is 5. The van der Waals surface area contributed by atoms with Crippen molar-refractivity contribution in [2.24, 2.45) is 11.8 Å². The molecule has 7 atom stereocenters. The number of nitrogens with one attached hydrogen (secondary N) is 3. The summed E-state index contributed by atoms with van der Waals surface area (Å²) in [5.74, 6) is -1.60. The zero-order valence-electron chi connectivity index (χ0n) is 36.2. The Morgan fingerprint density at radius 1 is 0.525 bits per heavy atom. The molecular weight excluding hydrogens is 763 g/mol. The number of benzene rings is 3. The van der Waals surface area contributed by atoms with Crippen LogP contribution in [0, 0.1) is 11.8 Å². The zero-order valence-corrected chi connectivity index (χ0v) is 36.2. The van der Waals surface area contributed by atoms with E-state index in [1.54, 1.807) is 34.1 Å². The number of nitrogens with zero attached hydrogens (tertiary/aromatic N) is 2. The molecule has 4 aliphatic rings. The first-order valence-electron chi connectivity index (χ1n) is 23.5. The summed E-state index contributed by atoms with van der Waals surface area (Å²) in [7, 11) is 0. The number of unbranched alkanes of at least 4 members (excludes halogenated alkanes) is 11. The maximum absolute atomic E-state index is 13.9. The molecule has 10 heteroatoms. The fourth-order valence-corrected chi connectivity index (χ4v) is 9.54. The molecule has 2 heterocycles. The van der Waals surface area contributed by atoms with Gasteiger partial charge in [0, 0.05) is 73.7 Å². The quantitative estimate of drug-likeness (QED) is 0.0882. The van der Waals surface area contributed by atoms with E-state index >= 15 is 0 Å². The van der Waals surface area contributed by atoms with Crippen molar-refractivity contribution in [1.82, 2.24) is 25.8 Å². The van der Waals surface area contributed by atoms with Crippen LogP contribution in [0.4, 0.5) is 0 Å². The first-order chi connectivity index (χ1) is 29.8. The normalized spacial score (nSPS) is 24.0. The molecule has 3 aromatic rings. The summed E-state index contributed by atoms with van der Waals surface area (Å²) < 4.78 is 0. The van der Waals surface area contributed by atoms with Crippen LogP contribution in [-0.2, 0) is 14.4 Å². The lowest BCUT2D eigenvalue weighted by Crippen LogP contribution is -2.43. The lowest BCUT2D eigenvalue weighted by atomic mass is 9.94. The highest BCUT2D eigenvalue weighted by Gasteiger charge is 2.49. The van der Waals surface area contributed by atoms with E-state index in [1.165, 1.54) is 75.3 Å². The largest absolute Gasteiger partial charge is 0.352 e. The summed E-state index contributed by atoms with van der Waals surface area (Å²) in [6, 6.07) is 26.9. The van der Waals surface area contributed by atoms with E-state index < -0.39 is 11.8 Å². The Morgan fingerprint density at radius 3 is 1.44 bits per heavy atom. The molecule has 0 bridgehead atoms. The summed E-state index contributed by atoms with van der Waals surface area (Å²) >= 11 is 0. The van der Waals surface area contributed by atoms with Crippen LogP contribution < -0.4 is 16.0 Å². The van der Waals surface area contributed by atoms with Gasteiger partial charge in [-0.15, -0.1) is 0 Å². The third kappa shape index (κ3) is 12.3. The van der Waals surface area contributed by atoms with Gasteiger partial charge in [0.25, 0.3) is 11.8 Å². The van der Waals surface area contributed by atoms with Crippen molar-refractivity contribution in [2.45, 2.75) is 140 Å². The SMILES string of the molecule is CCCCCCCCCCCCCCC(=O)N[C@@H]1CCN(C(=O)c2ccc(C(=O)N3C[C@@H](C(=O)N[C@H]4C[C@@H]4c4ccccc4)[C@H](C(=O)N[C@H]4C[C@@H]4c4ccccc4)C3)cc2)C1. The molecule has 3 N–H and O–H groups in total. The molecule has 0 unspecified atom stereocenters. The number of rotatable bonds is 22. The molecule has 0 spiro atoms. The molecule has 0 radical (unpaired) electrons. The van der Waals surface area contributed by atoms with Crippen molar-refractivity contribution >= 4 is 29.5 Å². The smallest absolute Gasteiger partial charge is 0.253 e. The van der Waals surface area contributed by atoms with Gasteiger partial charge in [0.1, 0.15) is 0 Å². The maximum atomic E-state index is 13.9. The van der Waals surface area contributed by atoms with E-state index in [0.717, 1.165) is 25.7 Å². The summed E-state index contributed by atoms with van der Waals surface area (Å²) in [4.78, 5) is 71.2. The molecule has 0 aromatic heterocycles. The van der Waals surface area contributed by atoms with Gasteiger partial charge in [0.15, 0.2) is 0 Å². The van der Waals surface area contributed by atoms with Crippen LogP contribution in [-0.4, -0.2) is 83.6 Å². The summed E-state index contributed by atoms with van der Waals surface area (Å²) in [5.41, 5.74) is 3.25. The van der Waals surface area contributed by atoms with Gasteiger partial charge >= 0.3 is 0 Å². The van der Waals surface area contributed by atoms with E-state index in [4.69, 9.17) is 0 Å². The molecule has 61 heavy (non-hydrogen) atoms. The van der Waals surface area contributed by atoms with Gasteiger partial charge < -0.3 is 25.8 Å². The highest BCUT2D eigenvalue weighted by Crippen LogP contribution is 2.42. The highest BCUT2D eigenvalue weighted by atomic mass is 16.2. The third-order valence-corrected chi connectivity index (χ3v) is 13.4. The molecule has 2 aliphatic heterocycles. The molecule has 326 valence electrons. The predicted octanol–water partition coefficient (Wildman–Crippen LogP) is 8.14. The topological polar surface area (TPSA) is 128 Å². The molecule has 7 rings (SSSR count). The van der Waals surface area contributed by atoms with E-state index in [0.29, 0.717) is 37.1 Å². The Labute approximate surface area is 363 Å². The van der Waals surface area contributed by atoms with E-state index in [-0.39, 0.29) is 72.6 Å². The Balaban J connectivity index is 0.862. The first kappa shape index (κ1) is 44.1. The molecule has 3 aromatic carbocycles. The van der Waals surface area contributed by atoms with Crippen molar-refractivity contribution in [1.29, 1.82) is 0 Å². The van der Waals surface area contributed by atoms with E-state index in [2.05, 4.69) is 47.1 Å². The fraction of sp³-hybridized carbons (Fsp3) is 0.549. The van der Waals surface area contributed by atoms with Crippen LogP contribution in [0.3, 0.4) is 0 Å². The monoisotopic (exact) mass is 830 g/mol. The Hall–Kier alpha value is -4.99. The second kappa shape index (κ2) is 21.7. The molecule has 2 saturated carbocycles. The van der Waals surface area contributed by atoms with Gasteiger partial charge in [-0.3, -0.25) is 24.0 Å². The van der Waals surface area contributed by atoms with Crippen LogP contribution in [0.1, 0.15) is 153 Å². The Bertz CT molecular complexity index is 1850. The van der Waals surface area contributed by atoms with Crippen molar-refractivity contribution < 1.29 is 24.0 Å². The lowest BCUT2D eigenvalue weighted by Gasteiger charge is -2.18. The van der Waals surface area contributed by atoms with Gasteiger partial charge in [-0.05, 0) is 61.1 Å². The highest BCUT2D eigenvalue weighted by molar-refractivity contribution is 5.99. The van der Waals surface area contributed by atoms with Crippen molar-refractivity contribution in [3.8, 4) is 0 Å². The second-order valence-corrected chi connectivity index (χ2v) is 18.2.